The summed E-state index contributed by atoms with van der Waals surface area (Å²) in [5.74, 6) is -0.985. The van der Waals surface area contributed by atoms with Gasteiger partial charge >= 0.3 is 6.18 Å². The van der Waals surface area contributed by atoms with E-state index in [2.05, 4.69) is 25.7 Å². The highest BCUT2D eigenvalue weighted by atomic mass is 35.5. The van der Waals surface area contributed by atoms with Gasteiger partial charge in [-0.15, -0.1) is 0 Å². The Labute approximate surface area is 170 Å². The van der Waals surface area contributed by atoms with Crippen molar-refractivity contribution in [3.05, 3.63) is 34.3 Å². The van der Waals surface area contributed by atoms with Gasteiger partial charge in [-0.25, -0.2) is 0 Å². The van der Waals surface area contributed by atoms with Crippen LogP contribution < -0.4 is 5.73 Å². The first-order valence-electron chi connectivity index (χ1n) is 9.70. The first kappa shape index (κ1) is 23.0. The summed E-state index contributed by atoms with van der Waals surface area (Å²) >= 11 is 5.47. The van der Waals surface area contributed by atoms with Gasteiger partial charge < -0.3 is 10.6 Å². The van der Waals surface area contributed by atoms with Gasteiger partial charge in [0.2, 0.25) is 5.91 Å². The van der Waals surface area contributed by atoms with Crippen molar-refractivity contribution in [2.45, 2.75) is 59.1 Å². The fourth-order valence-corrected chi connectivity index (χ4v) is 3.52. The molecule has 158 valence electrons. The minimum Gasteiger partial charge on any atom is -0.366 e. The normalized spacial score (nSPS) is 19.1. The Hall–Kier alpha value is -1.27. The van der Waals surface area contributed by atoms with Gasteiger partial charge in [-0.05, 0) is 80.8 Å². The van der Waals surface area contributed by atoms with Gasteiger partial charge in [-0.2, -0.15) is 13.2 Å². The molecule has 0 unspecified atom stereocenters. The minimum absolute atomic E-state index is 0.0921. The molecule has 1 saturated carbocycles. The molecule has 2 fully saturated rings. The smallest absolute Gasteiger partial charge is 0.366 e. The molecule has 2 aliphatic rings. The summed E-state index contributed by atoms with van der Waals surface area (Å²) in [5.41, 5.74) is 4.91. The lowest BCUT2D eigenvalue weighted by atomic mass is 9.90. The molecule has 0 aromatic heterocycles. The number of rotatable bonds is 3. The van der Waals surface area contributed by atoms with Gasteiger partial charge in [0.1, 0.15) is 0 Å². The first-order valence-corrected chi connectivity index (χ1v) is 10.1. The number of piperidine rings is 1. The SMILES string of the molecule is CC(C)(C)CCN1CCC2(CC1)CC2.NC(=O)c1cc(C(F)(F)F)ccc1Cl. The molecule has 3 nitrogen and oxygen atoms in total. The highest BCUT2D eigenvalue weighted by Crippen LogP contribution is 2.53. The third-order valence-corrected chi connectivity index (χ3v) is 5.94. The van der Waals surface area contributed by atoms with E-state index in [-0.39, 0.29) is 10.6 Å². The number of carbonyl (C=O) groups excluding carboxylic acids is 1. The van der Waals surface area contributed by atoms with E-state index in [0.29, 0.717) is 11.5 Å². The molecule has 1 spiro atoms. The number of halogens is 4. The van der Waals surface area contributed by atoms with Crippen molar-refractivity contribution in [3.8, 4) is 0 Å². The van der Waals surface area contributed by atoms with Crippen LogP contribution in [0.3, 0.4) is 0 Å². The number of primary amides is 1. The summed E-state index contributed by atoms with van der Waals surface area (Å²) in [6, 6.07) is 2.41. The van der Waals surface area contributed by atoms with Crippen molar-refractivity contribution >= 4 is 17.5 Å². The maximum Gasteiger partial charge on any atom is 0.416 e. The van der Waals surface area contributed by atoms with E-state index in [4.69, 9.17) is 17.3 Å². The van der Waals surface area contributed by atoms with E-state index in [0.717, 1.165) is 17.5 Å². The summed E-state index contributed by atoms with van der Waals surface area (Å²) in [4.78, 5) is 13.3. The highest BCUT2D eigenvalue weighted by Gasteiger charge is 2.44. The topological polar surface area (TPSA) is 46.3 Å². The van der Waals surface area contributed by atoms with Crippen molar-refractivity contribution in [2.24, 2.45) is 16.6 Å². The molecule has 1 amide bonds. The van der Waals surface area contributed by atoms with Crippen LogP contribution in [0.5, 0.6) is 0 Å². The Morgan fingerprint density at radius 1 is 1.14 bits per heavy atom. The first-order chi connectivity index (χ1) is 12.8. The number of alkyl halides is 3. The maximum atomic E-state index is 12.2. The van der Waals surface area contributed by atoms with E-state index < -0.39 is 17.6 Å². The molecule has 1 aliphatic carbocycles. The number of hydrogen-bond donors (Lipinski definition) is 1. The van der Waals surface area contributed by atoms with E-state index >= 15 is 0 Å². The van der Waals surface area contributed by atoms with Crippen LogP contribution in [0.4, 0.5) is 13.2 Å². The van der Waals surface area contributed by atoms with Gasteiger partial charge in [0, 0.05) is 0 Å². The number of likely N-dealkylation sites (tertiary alicyclic amines) is 1. The fourth-order valence-electron chi connectivity index (χ4n) is 3.31. The molecule has 0 atom stereocenters. The fraction of sp³-hybridized carbons (Fsp3) is 0.667. The molecule has 1 aromatic carbocycles. The summed E-state index contributed by atoms with van der Waals surface area (Å²) in [6.45, 7) is 11.1. The lowest BCUT2D eigenvalue weighted by molar-refractivity contribution is -0.137. The highest BCUT2D eigenvalue weighted by molar-refractivity contribution is 6.33. The van der Waals surface area contributed by atoms with Crippen LogP contribution in [0.15, 0.2) is 18.2 Å². The third-order valence-electron chi connectivity index (χ3n) is 5.61. The van der Waals surface area contributed by atoms with Crippen molar-refractivity contribution < 1.29 is 18.0 Å². The lowest BCUT2D eigenvalue weighted by Gasteiger charge is -2.33. The van der Waals surface area contributed by atoms with Crippen molar-refractivity contribution in [3.63, 3.8) is 0 Å². The molecule has 28 heavy (non-hydrogen) atoms. The Kier molecular flexibility index (Phi) is 7.08. The Morgan fingerprint density at radius 2 is 1.71 bits per heavy atom. The lowest BCUT2D eigenvalue weighted by Crippen LogP contribution is -2.36. The second-order valence-corrected chi connectivity index (χ2v) is 9.62. The minimum atomic E-state index is -4.51. The van der Waals surface area contributed by atoms with Crippen LogP contribution in [0.2, 0.25) is 5.02 Å². The Bertz CT molecular complexity index is 684. The maximum absolute atomic E-state index is 12.2. The second kappa shape index (κ2) is 8.62. The quantitative estimate of drug-likeness (QED) is 0.678. The second-order valence-electron chi connectivity index (χ2n) is 9.21. The number of benzene rings is 1. The zero-order chi connectivity index (χ0) is 21.2. The van der Waals surface area contributed by atoms with Crippen LogP contribution in [0.25, 0.3) is 0 Å². The average Bonchev–Trinajstić information content (AvgIpc) is 3.32. The molecule has 3 rings (SSSR count). The molecule has 0 radical (unpaired) electrons. The van der Waals surface area contributed by atoms with Crippen LogP contribution in [0.1, 0.15) is 68.8 Å². The number of amides is 1. The number of nitrogens with zero attached hydrogens (tertiary/aromatic N) is 1. The van der Waals surface area contributed by atoms with Gasteiger partial charge in [0.15, 0.2) is 0 Å². The van der Waals surface area contributed by atoms with Gasteiger partial charge in [0.25, 0.3) is 0 Å². The monoisotopic (exact) mass is 418 g/mol. The van der Waals surface area contributed by atoms with Crippen LogP contribution in [0, 0.1) is 10.8 Å². The van der Waals surface area contributed by atoms with Gasteiger partial charge in [-0.1, -0.05) is 32.4 Å². The van der Waals surface area contributed by atoms with E-state index in [9.17, 15) is 18.0 Å². The summed E-state index contributed by atoms with van der Waals surface area (Å²) in [5, 5.41) is -0.0921. The van der Waals surface area contributed by atoms with Gasteiger partial charge in [0.05, 0.1) is 16.1 Å². The zero-order valence-corrected chi connectivity index (χ0v) is 17.6. The molecule has 7 heteroatoms. The van der Waals surface area contributed by atoms with E-state index in [1.165, 1.54) is 51.7 Å². The van der Waals surface area contributed by atoms with Crippen molar-refractivity contribution in [1.29, 1.82) is 0 Å². The molecule has 1 aliphatic heterocycles. The molecular weight excluding hydrogens is 389 g/mol. The summed E-state index contributed by atoms with van der Waals surface area (Å²) in [7, 11) is 0. The molecular formula is C21H30ClF3N2O. The summed E-state index contributed by atoms with van der Waals surface area (Å²) < 4.78 is 36.5. The van der Waals surface area contributed by atoms with E-state index in [1.807, 2.05) is 0 Å². The molecule has 1 aromatic rings. The largest absolute Gasteiger partial charge is 0.416 e. The van der Waals surface area contributed by atoms with Crippen LogP contribution in [-0.2, 0) is 6.18 Å². The number of hydrogen-bond acceptors (Lipinski definition) is 2. The van der Waals surface area contributed by atoms with E-state index in [1.54, 1.807) is 0 Å². The predicted octanol–water partition coefficient (Wildman–Crippen LogP) is 5.76. The van der Waals surface area contributed by atoms with Crippen molar-refractivity contribution in [2.75, 3.05) is 19.6 Å². The molecule has 2 N–H and O–H groups in total. The van der Waals surface area contributed by atoms with Crippen LogP contribution in [-0.4, -0.2) is 30.4 Å². The Morgan fingerprint density at radius 3 is 2.14 bits per heavy atom. The standard InChI is InChI=1S/C13H25N.C8H5ClF3NO/c1-12(2,3)6-9-14-10-7-13(4-5-13)8-11-14;9-6-2-1-4(8(10,11)12)3-5(6)7(13)14/h4-11H2,1-3H3;1-3H,(H2,13,14). The number of carbonyl (C=O) groups is 1. The predicted molar refractivity (Wildman–Crippen MR) is 106 cm³/mol. The summed E-state index contributed by atoms with van der Waals surface area (Å²) in [6.07, 6.45) is 2.86. The average molecular weight is 419 g/mol. The van der Waals surface area contributed by atoms with Crippen molar-refractivity contribution in [1.82, 2.24) is 4.90 Å². The molecule has 1 saturated heterocycles. The Balaban J connectivity index is 0.000000200. The van der Waals surface area contributed by atoms with Gasteiger partial charge in [-0.3, -0.25) is 4.79 Å². The number of nitrogens with two attached hydrogens (primary N) is 1. The molecule has 1 heterocycles. The molecule has 0 bridgehead atoms. The third kappa shape index (κ3) is 6.96. The van der Waals surface area contributed by atoms with Crippen LogP contribution >= 0.6 is 11.6 Å². The zero-order valence-electron chi connectivity index (χ0n) is 16.8.